The van der Waals surface area contributed by atoms with Gasteiger partial charge in [0, 0.05) is 0 Å². The van der Waals surface area contributed by atoms with Crippen LogP contribution in [0, 0.1) is 6.92 Å². The van der Waals surface area contributed by atoms with Crippen LogP contribution in [0.25, 0.3) is 17.0 Å². The first-order valence-corrected chi connectivity index (χ1v) is 11.3. The molecule has 1 aliphatic carbocycles. The van der Waals surface area contributed by atoms with Crippen LogP contribution in [0.2, 0.25) is 0 Å². The van der Waals surface area contributed by atoms with Crippen LogP contribution in [0.4, 0.5) is 11.4 Å². The molecular weight excluding hydrogens is 448 g/mol. The quantitative estimate of drug-likeness (QED) is 0.347. The van der Waals surface area contributed by atoms with Gasteiger partial charge in [0.15, 0.2) is 11.4 Å². The number of nitrogens with zero attached hydrogens (tertiary/aromatic N) is 3. The van der Waals surface area contributed by atoms with Crippen molar-refractivity contribution in [3.8, 4) is 22.8 Å². The standard InChI is InChI=1S/C26H24N4O5/c1-15-23(25(31)30(29-15)18-11-10-16-6-3-4-7-17(16)14-18)28-27-20-9-5-8-19(24(20)34-2)21-12-13-22(35-21)26(32)33/h5,8-14,29H,3-4,6-7H2,1-2H3,(H,32,33). The minimum absolute atomic E-state index is 0.181. The van der Waals surface area contributed by atoms with Gasteiger partial charge in [-0.2, -0.15) is 0 Å². The number of aromatic nitrogens is 2. The lowest BCUT2D eigenvalue weighted by molar-refractivity contribution is 0.0663. The number of fused-ring (bicyclic) bond motifs is 1. The molecule has 0 saturated heterocycles. The van der Waals surface area contributed by atoms with E-state index in [1.165, 1.54) is 35.4 Å². The second kappa shape index (κ2) is 9.09. The van der Waals surface area contributed by atoms with Gasteiger partial charge in [-0.05, 0) is 80.1 Å². The molecule has 2 N–H and O–H groups in total. The number of ether oxygens (including phenoxy) is 1. The lowest BCUT2D eigenvalue weighted by atomic mass is 9.91. The second-order valence-electron chi connectivity index (χ2n) is 8.41. The number of carbonyl (C=O) groups is 1. The fourth-order valence-corrected chi connectivity index (χ4v) is 4.41. The summed E-state index contributed by atoms with van der Waals surface area (Å²) in [5.41, 5.74) is 4.77. The Kier molecular flexibility index (Phi) is 5.82. The number of aromatic carboxylic acids is 1. The number of hydrogen-bond acceptors (Lipinski definition) is 6. The van der Waals surface area contributed by atoms with Crippen molar-refractivity contribution in [2.75, 3.05) is 7.11 Å². The molecule has 2 aromatic carbocycles. The van der Waals surface area contributed by atoms with Crippen LogP contribution in [0.3, 0.4) is 0 Å². The molecule has 0 saturated carbocycles. The summed E-state index contributed by atoms with van der Waals surface area (Å²) in [7, 11) is 1.48. The van der Waals surface area contributed by atoms with Crippen LogP contribution < -0.4 is 10.3 Å². The highest BCUT2D eigenvalue weighted by Crippen LogP contribution is 2.39. The Labute approximate surface area is 200 Å². The highest BCUT2D eigenvalue weighted by atomic mass is 16.5. The van der Waals surface area contributed by atoms with Crippen molar-refractivity contribution in [1.82, 2.24) is 9.78 Å². The zero-order valence-electron chi connectivity index (χ0n) is 19.4. The predicted molar refractivity (Wildman–Crippen MR) is 130 cm³/mol. The molecule has 0 bridgehead atoms. The number of hydrogen-bond donors (Lipinski definition) is 2. The SMILES string of the molecule is COc1c(N=Nc2c(C)[nH]n(-c3ccc4c(c3)CCCC4)c2=O)cccc1-c1ccc(C(=O)O)o1. The number of para-hydroxylation sites is 1. The van der Waals surface area contributed by atoms with Gasteiger partial charge in [0.05, 0.1) is 24.1 Å². The summed E-state index contributed by atoms with van der Waals surface area (Å²) < 4.78 is 12.4. The van der Waals surface area contributed by atoms with E-state index < -0.39 is 5.97 Å². The third-order valence-corrected chi connectivity index (χ3v) is 6.17. The first-order chi connectivity index (χ1) is 17.0. The molecule has 0 fully saturated rings. The third-order valence-electron chi connectivity index (χ3n) is 6.17. The van der Waals surface area contributed by atoms with Crippen molar-refractivity contribution in [2.45, 2.75) is 32.6 Å². The van der Waals surface area contributed by atoms with Gasteiger partial charge in [-0.3, -0.25) is 9.89 Å². The minimum Gasteiger partial charge on any atom is -0.494 e. The number of H-pyrrole nitrogens is 1. The minimum atomic E-state index is -1.16. The van der Waals surface area contributed by atoms with Crippen LogP contribution in [0.1, 0.15) is 40.2 Å². The number of methoxy groups -OCH3 is 1. The highest BCUT2D eigenvalue weighted by Gasteiger charge is 2.18. The van der Waals surface area contributed by atoms with Gasteiger partial charge < -0.3 is 14.3 Å². The molecule has 35 heavy (non-hydrogen) atoms. The van der Waals surface area contributed by atoms with Gasteiger partial charge in [-0.25, -0.2) is 9.48 Å². The van der Waals surface area contributed by atoms with Crippen LogP contribution in [-0.2, 0) is 12.8 Å². The van der Waals surface area contributed by atoms with Crippen LogP contribution in [0.5, 0.6) is 5.75 Å². The molecular formula is C26H24N4O5. The van der Waals surface area contributed by atoms with E-state index in [9.17, 15) is 9.59 Å². The monoisotopic (exact) mass is 472 g/mol. The Hall–Kier alpha value is -4.40. The van der Waals surface area contributed by atoms with Crippen molar-refractivity contribution in [2.24, 2.45) is 10.2 Å². The topological polar surface area (TPSA) is 122 Å². The summed E-state index contributed by atoms with van der Waals surface area (Å²) in [5, 5.41) is 20.8. The van der Waals surface area contributed by atoms with E-state index in [4.69, 9.17) is 14.3 Å². The van der Waals surface area contributed by atoms with Crippen molar-refractivity contribution in [3.63, 3.8) is 0 Å². The summed E-state index contributed by atoms with van der Waals surface area (Å²) in [6, 6.07) is 14.2. The Bertz CT molecular complexity index is 1510. The number of aryl methyl sites for hydroxylation is 3. The first kappa shape index (κ1) is 22.4. The van der Waals surface area contributed by atoms with Gasteiger partial charge in [0.1, 0.15) is 11.4 Å². The smallest absolute Gasteiger partial charge is 0.371 e. The lowest BCUT2D eigenvalue weighted by Crippen LogP contribution is -2.15. The number of nitrogens with one attached hydrogen (secondary N) is 1. The fourth-order valence-electron chi connectivity index (χ4n) is 4.41. The number of carboxylic acid groups (broad SMARTS) is 1. The van der Waals surface area contributed by atoms with E-state index in [1.807, 2.05) is 6.07 Å². The van der Waals surface area contributed by atoms with Crippen LogP contribution in [0.15, 0.2) is 68.0 Å². The molecule has 2 aromatic heterocycles. The molecule has 0 amide bonds. The maximum Gasteiger partial charge on any atom is 0.371 e. The molecule has 4 aromatic rings. The fraction of sp³-hybridized carbons (Fsp3) is 0.231. The molecule has 9 nitrogen and oxygen atoms in total. The van der Waals surface area contributed by atoms with E-state index in [1.54, 1.807) is 31.2 Å². The third kappa shape index (κ3) is 4.16. The number of aromatic amines is 1. The second-order valence-corrected chi connectivity index (χ2v) is 8.41. The van der Waals surface area contributed by atoms with Crippen molar-refractivity contribution in [3.05, 3.63) is 81.5 Å². The van der Waals surface area contributed by atoms with E-state index in [-0.39, 0.29) is 17.0 Å². The van der Waals surface area contributed by atoms with Crippen molar-refractivity contribution < 1.29 is 19.1 Å². The van der Waals surface area contributed by atoms with Crippen molar-refractivity contribution in [1.29, 1.82) is 0 Å². The van der Waals surface area contributed by atoms with Crippen LogP contribution in [-0.4, -0.2) is 28.0 Å². The van der Waals surface area contributed by atoms with E-state index >= 15 is 0 Å². The average Bonchev–Trinajstić information content (AvgIpc) is 3.47. The molecule has 0 radical (unpaired) electrons. The Morgan fingerprint density at radius 3 is 2.63 bits per heavy atom. The Balaban J connectivity index is 1.49. The van der Waals surface area contributed by atoms with Crippen LogP contribution >= 0.6 is 0 Å². The van der Waals surface area contributed by atoms with Gasteiger partial charge in [0.2, 0.25) is 5.76 Å². The summed E-state index contributed by atoms with van der Waals surface area (Å²) in [5.74, 6) is -0.668. The molecule has 0 aliphatic heterocycles. The van der Waals surface area contributed by atoms with Gasteiger partial charge in [-0.15, -0.1) is 10.2 Å². The average molecular weight is 473 g/mol. The van der Waals surface area contributed by atoms with Crippen molar-refractivity contribution >= 4 is 17.3 Å². The number of furan rings is 1. The first-order valence-electron chi connectivity index (χ1n) is 11.3. The summed E-state index contributed by atoms with van der Waals surface area (Å²) in [4.78, 5) is 24.3. The maximum absolute atomic E-state index is 13.2. The zero-order chi connectivity index (χ0) is 24.5. The number of benzene rings is 2. The summed E-state index contributed by atoms with van der Waals surface area (Å²) in [6.07, 6.45) is 4.45. The number of carboxylic acids is 1. The largest absolute Gasteiger partial charge is 0.494 e. The Morgan fingerprint density at radius 2 is 1.89 bits per heavy atom. The van der Waals surface area contributed by atoms with E-state index in [0.29, 0.717) is 28.5 Å². The number of rotatable bonds is 6. The molecule has 0 atom stereocenters. The van der Waals surface area contributed by atoms with E-state index in [2.05, 4.69) is 27.5 Å². The molecule has 1 aliphatic rings. The highest BCUT2D eigenvalue weighted by molar-refractivity contribution is 5.86. The molecule has 2 heterocycles. The lowest BCUT2D eigenvalue weighted by Gasteiger charge is -2.16. The normalized spacial score (nSPS) is 13.2. The van der Waals surface area contributed by atoms with Gasteiger partial charge in [-0.1, -0.05) is 12.1 Å². The summed E-state index contributed by atoms with van der Waals surface area (Å²) in [6.45, 7) is 1.77. The van der Waals surface area contributed by atoms with Gasteiger partial charge >= 0.3 is 5.97 Å². The molecule has 5 rings (SSSR count). The maximum atomic E-state index is 13.2. The molecule has 178 valence electrons. The predicted octanol–water partition coefficient (Wildman–Crippen LogP) is 5.74. The summed E-state index contributed by atoms with van der Waals surface area (Å²) >= 11 is 0. The zero-order valence-corrected chi connectivity index (χ0v) is 19.4. The van der Waals surface area contributed by atoms with E-state index in [0.717, 1.165) is 24.9 Å². The molecule has 0 spiro atoms. The van der Waals surface area contributed by atoms with Gasteiger partial charge in [0.25, 0.3) is 5.56 Å². The molecule has 9 heteroatoms. The number of azo groups is 1. The molecule has 0 unspecified atom stereocenters. The Morgan fingerprint density at radius 1 is 1.09 bits per heavy atom.